The summed E-state index contributed by atoms with van der Waals surface area (Å²) in [6.45, 7) is 0.689. The smallest absolute Gasteiger partial charge is 0.110 e. The molecule has 8 heavy (non-hydrogen) atoms. The number of nitrogens with zero attached hydrogens (tertiary/aromatic N) is 2. The highest BCUT2D eigenvalue weighted by Crippen LogP contribution is 1.96. The molecule has 0 spiro atoms. The van der Waals surface area contributed by atoms with Crippen molar-refractivity contribution in [3.63, 3.8) is 0 Å². The van der Waals surface area contributed by atoms with Gasteiger partial charge in [0.15, 0.2) is 0 Å². The van der Waals surface area contributed by atoms with Crippen LogP contribution in [0.5, 0.6) is 0 Å². The van der Waals surface area contributed by atoms with Crippen LogP contribution in [0, 0.1) is 0 Å². The third-order valence-electron chi connectivity index (χ3n) is 1.05. The lowest BCUT2D eigenvalue weighted by molar-refractivity contribution is 0.783. The van der Waals surface area contributed by atoms with E-state index in [0.29, 0.717) is 6.54 Å². The minimum Gasteiger partial charge on any atom is -0.330 e. The summed E-state index contributed by atoms with van der Waals surface area (Å²) in [5.41, 5.74) is 5.27. The van der Waals surface area contributed by atoms with Crippen LogP contribution in [0.4, 0.5) is 0 Å². The molecule has 1 rings (SSSR count). The summed E-state index contributed by atoms with van der Waals surface area (Å²) < 4.78 is 0. The van der Waals surface area contributed by atoms with Gasteiger partial charge < -0.3 is 5.73 Å². The molecule has 1 aliphatic heterocycles. The molecule has 1 atom stereocenters. The minimum atomic E-state index is 0.264. The van der Waals surface area contributed by atoms with Crippen LogP contribution in [0.3, 0.4) is 0 Å². The van der Waals surface area contributed by atoms with Crippen LogP contribution in [0.1, 0.15) is 6.42 Å². The average Bonchev–Trinajstić information content (AvgIpc) is 2.19. The summed E-state index contributed by atoms with van der Waals surface area (Å²) in [6.07, 6.45) is 4.30. The summed E-state index contributed by atoms with van der Waals surface area (Å²) in [5, 5.41) is 0. The van der Waals surface area contributed by atoms with E-state index in [1.807, 2.05) is 6.21 Å². The van der Waals surface area contributed by atoms with Crippen LogP contribution in [-0.2, 0) is 0 Å². The zero-order valence-corrected chi connectivity index (χ0v) is 4.62. The molecule has 44 valence electrons. The van der Waals surface area contributed by atoms with E-state index < -0.39 is 0 Å². The van der Waals surface area contributed by atoms with Crippen LogP contribution >= 0.6 is 0 Å². The molecule has 1 aliphatic rings. The maximum atomic E-state index is 5.27. The monoisotopic (exact) mass is 111 g/mol. The van der Waals surface area contributed by atoms with Gasteiger partial charge in [-0.1, -0.05) is 0 Å². The standard InChI is InChI=1S/C5H9N3/c6-2-1-5-3-7-4-8-5/h3-5H,1-2,6H2. The van der Waals surface area contributed by atoms with Gasteiger partial charge in [0.1, 0.15) is 6.34 Å². The Labute approximate surface area is 48.3 Å². The van der Waals surface area contributed by atoms with Crippen LogP contribution in [0.25, 0.3) is 0 Å². The van der Waals surface area contributed by atoms with Gasteiger partial charge in [-0.15, -0.1) is 0 Å². The van der Waals surface area contributed by atoms with Crippen molar-refractivity contribution < 1.29 is 0 Å². The van der Waals surface area contributed by atoms with Crippen LogP contribution in [0.15, 0.2) is 9.98 Å². The highest BCUT2D eigenvalue weighted by molar-refractivity contribution is 5.82. The molecule has 0 saturated carbocycles. The number of rotatable bonds is 2. The van der Waals surface area contributed by atoms with Crippen molar-refractivity contribution in [1.29, 1.82) is 0 Å². The second-order valence-electron chi connectivity index (χ2n) is 1.71. The molecule has 1 heterocycles. The first kappa shape index (κ1) is 5.44. The fourth-order valence-electron chi connectivity index (χ4n) is 0.620. The molecule has 0 aliphatic carbocycles. The van der Waals surface area contributed by atoms with Gasteiger partial charge in [0.25, 0.3) is 0 Å². The zero-order valence-electron chi connectivity index (χ0n) is 4.62. The first-order chi connectivity index (χ1) is 3.93. The SMILES string of the molecule is NCCC1C=NC=N1. The van der Waals surface area contributed by atoms with E-state index >= 15 is 0 Å². The lowest BCUT2D eigenvalue weighted by Gasteiger charge is -1.96. The van der Waals surface area contributed by atoms with Crippen LogP contribution in [-0.4, -0.2) is 25.1 Å². The van der Waals surface area contributed by atoms with Crippen molar-refractivity contribution in [2.24, 2.45) is 15.7 Å². The van der Waals surface area contributed by atoms with Crippen molar-refractivity contribution in [2.45, 2.75) is 12.5 Å². The highest BCUT2D eigenvalue weighted by atomic mass is 14.9. The van der Waals surface area contributed by atoms with Crippen molar-refractivity contribution in [3.8, 4) is 0 Å². The van der Waals surface area contributed by atoms with E-state index in [1.54, 1.807) is 6.34 Å². The second kappa shape index (κ2) is 2.57. The number of hydrogen-bond acceptors (Lipinski definition) is 3. The number of nitrogens with two attached hydrogens (primary N) is 1. The highest BCUT2D eigenvalue weighted by Gasteiger charge is 2.02. The Morgan fingerprint density at radius 2 is 2.50 bits per heavy atom. The Balaban J connectivity index is 2.27. The van der Waals surface area contributed by atoms with Gasteiger partial charge in [0.2, 0.25) is 0 Å². The van der Waals surface area contributed by atoms with E-state index in [4.69, 9.17) is 5.73 Å². The van der Waals surface area contributed by atoms with Gasteiger partial charge in [-0.3, -0.25) is 4.99 Å². The quantitative estimate of drug-likeness (QED) is 0.528. The van der Waals surface area contributed by atoms with Gasteiger partial charge in [-0.05, 0) is 13.0 Å². The van der Waals surface area contributed by atoms with Gasteiger partial charge in [0.05, 0.1) is 6.04 Å². The molecule has 3 nitrogen and oxygen atoms in total. The van der Waals surface area contributed by atoms with E-state index in [0.717, 1.165) is 6.42 Å². The summed E-state index contributed by atoms with van der Waals surface area (Å²) in [6, 6.07) is 0.264. The second-order valence-corrected chi connectivity index (χ2v) is 1.71. The number of aliphatic imine (C=N–C) groups is 2. The summed E-state index contributed by atoms with van der Waals surface area (Å²) in [7, 11) is 0. The number of hydrogen-bond donors (Lipinski definition) is 1. The minimum absolute atomic E-state index is 0.264. The molecule has 0 fully saturated rings. The molecule has 0 bridgehead atoms. The molecular formula is C5H9N3. The van der Waals surface area contributed by atoms with E-state index in [1.165, 1.54) is 0 Å². The molecule has 0 aromatic heterocycles. The molecule has 1 unspecified atom stereocenters. The molecular weight excluding hydrogens is 102 g/mol. The third kappa shape index (κ3) is 1.13. The predicted octanol–water partition coefficient (Wildman–Crippen LogP) is -0.183. The average molecular weight is 111 g/mol. The fraction of sp³-hybridized carbons (Fsp3) is 0.600. The van der Waals surface area contributed by atoms with Gasteiger partial charge in [-0.25, -0.2) is 4.99 Å². The summed E-state index contributed by atoms with van der Waals surface area (Å²) in [4.78, 5) is 7.81. The van der Waals surface area contributed by atoms with Crippen molar-refractivity contribution in [1.82, 2.24) is 0 Å². The van der Waals surface area contributed by atoms with Crippen LogP contribution < -0.4 is 5.73 Å². The Morgan fingerprint density at radius 3 is 3.00 bits per heavy atom. The molecule has 0 amide bonds. The first-order valence-electron chi connectivity index (χ1n) is 2.68. The molecule has 3 heteroatoms. The normalized spacial score (nSPS) is 24.9. The first-order valence-corrected chi connectivity index (χ1v) is 2.68. The third-order valence-corrected chi connectivity index (χ3v) is 1.05. The van der Waals surface area contributed by atoms with E-state index in [9.17, 15) is 0 Å². The Bertz CT molecular complexity index is 105. The largest absolute Gasteiger partial charge is 0.330 e. The topological polar surface area (TPSA) is 50.7 Å². The van der Waals surface area contributed by atoms with Crippen molar-refractivity contribution in [2.75, 3.05) is 6.54 Å². The molecule has 0 aromatic carbocycles. The summed E-state index contributed by atoms with van der Waals surface area (Å²) in [5.74, 6) is 0. The molecule has 0 aromatic rings. The summed E-state index contributed by atoms with van der Waals surface area (Å²) >= 11 is 0. The molecule has 2 N–H and O–H groups in total. The van der Waals surface area contributed by atoms with E-state index in [-0.39, 0.29) is 6.04 Å². The van der Waals surface area contributed by atoms with Crippen molar-refractivity contribution in [3.05, 3.63) is 0 Å². The lowest BCUT2D eigenvalue weighted by Crippen LogP contribution is -2.10. The molecule has 0 saturated heterocycles. The Morgan fingerprint density at radius 1 is 1.62 bits per heavy atom. The predicted molar refractivity (Wildman–Crippen MR) is 34.4 cm³/mol. The van der Waals surface area contributed by atoms with E-state index in [2.05, 4.69) is 9.98 Å². The van der Waals surface area contributed by atoms with Crippen LogP contribution in [0.2, 0.25) is 0 Å². The lowest BCUT2D eigenvalue weighted by atomic mass is 10.2. The Kier molecular flexibility index (Phi) is 1.75. The van der Waals surface area contributed by atoms with Gasteiger partial charge in [0, 0.05) is 6.21 Å². The molecule has 0 radical (unpaired) electrons. The van der Waals surface area contributed by atoms with Gasteiger partial charge in [-0.2, -0.15) is 0 Å². The van der Waals surface area contributed by atoms with Gasteiger partial charge >= 0.3 is 0 Å². The zero-order chi connectivity index (χ0) is 5.82. The van der Waals surface area contributed by atoms with Crippen molar-refractivity contribution >= 4 is 12.6 Å². The Hall–Kier alpha value is -0.700. The fourth-order valence-corrected chi connectivity index (χ4v) is 0.620. The maximum absolute atomic E-state index is 5.27. The maximum Gasteiger partial charge on any atom is 0.110 e.